The number of benzene rings is 6. The van der Waals surface area contributed by atoms with Crippen LogP contribution in [-0.2, 0) is 44.5 Å². The van der Waals surface area contributed by atoms with Crippen molar-refractivity contribution in [1.82, 2.24) is 52.7 Å². The maximum absolute atomic E-state index is 13.3. The topological polar surface area (TPSA) is 185 Å². The predicted molar refractivity (Wildman–Crippen MR) is 437 cm³/mol. The average molecular weight is 2020 g/mol. The number of halogens is 20. The number of nitrogens with one attached hydrogen (secondary N) is 1. The van der Waals surface area contributed by atoms with Crippen molar-refractivity contribution in [3.05, 3.63) is 298 Å². The monoisotopic (exact) mass is 2020 g/mol. The summed E-state index contributed by atoms with van der Waals surface area (Å²) in [5, 5.41) is 17.0. The highest BCUT2D eigenvalue weighted by Gasteiger charge is 2.34. The Morgan fingerprint density at radius 2 is 1.01 bits per heavy atom. The highest BCUT2D eigenvalue weighted by Crippen LogP contribution is 2.36. The number of carbonyl (C=O) groups is 1. The lowest BCUT2D eigenvalue weighted by Gasteiger charge is -2.13. The van der Waals surface area contributed by atoms with Crippen LogP contribution >= 0.6 is 93.0 Å². The minimum absolute atomic E-state index is 0. The van der Waals surface area contributed by atoms with Gasteiger partial charge in [0.15, 0.2) is 0 Å². The fraction of sp³-hybridized carbons (Fsp3) is 0.187. The number of hydrogen-bond donors (Lipinski definition) is 3. The summed E-state index contributed by atoms with van der Waals surface area (Å²) < 4.78 is 205. The van der Waals surface area contributed by atoms with Crippen LogP contribution in [0.15, 0.2) is 251 Å². The van der Waals surface area contributed by atoms with E-state index in [0.717, 1.165) is 67.1 Å². The zero-order valence-corrected chi connectivity index (χ0v) is 69.7. The summed E-state index contributed by atoms with van der Waals surface area (Å²) in [4.78, 5) is 41.4. The minimum Gasteiger partial charge on any atom is -0.423 e. The van der Waals surface area contributed by atoms with Crippen LogP contribution < -0.4 is 14.6 Å². The smallest absolute Gasteiger partial charge is 0.423 e. The van der Waals surface area contributed by atoms with E-state index < -0.39 is 77.2 Å². The Labute approximate surface area is 699 Å². The molecule has 14 rings (SSSR count). The summed E-state index contributed by atoms with van der Waals surface area (Å²) in [6.45, 7) is 1.53. The van der Waals surface area contributed by atoms with Gasteiger partial charge in [0, 0.05) is 169 Å². The molecule has 0 atom stereocenters. The molecule has 0 aliphatic carbocycles. The van der Waals surface area contributed by atoms with Crippen LogP contribution in [0.3, 0.4) is 0 Å². The van der Waals surface area contributed by atoms with Gasteiger partial charge < -0.3 is 33.6 Å². The molecule has 6 aromatic carbocycles. The van der Waals surface area contributed by atoms with Gasteiger partial charge in [-0.3, -0.25) is 14.8 Å². The third kappa shape index (κ3) is 34.4. The molecule has 0 fully saturated rings. The van der Waals surface area contributed by atoms with Crippen molar-refractivity contribution >= 4 is 130 Å². The number of rotatable bonds is 7. The molecule has 0 radical (unpaired) electrons. The number of allylic oxidation sites excluding steroid dienone is 2. The standard InChI is InChI=1S/C15H15F3N4.C13H9F3N4.C10H8F2N2.C10H7F2N.C7H3Br2F3.C6H5BF2O2.C4H4BrN.C4H9NO.C3H4N2.2CH3I.CH4/c1-19-3-5-21(10-19)13-7-12(15(16,17)18)8-14(9-13)22-6-4-20(2)11-22;14-13(15,16)10-5-11(19-3-1-17-8-19)7-12(6-10)20-4-2-18-9-20;1-14-5-10(13-6-14)8-3-2-7(11)4-9(8)12;11-7-3-4-8(9(12)6-7)10-2-1-5-13-10;8-5-1-4(7(10,11)12)2-6(9)3-5;8-4-1-2-5(7(10)11)6(9)3-4;5-4-1-2-6-3-4;1-4(6)5(2)3;1-2-5-3-4-1;2*1-2;/h3-11H,1-2H3;1-9H;2-6H,1H3;2-6H,1H2;1-3H;1-3,10-11H;2-3H,1H2;1-3H3;1-3H,(H,4,5);2*1H3;1H4/q+2;;;;;;;;;;;. The van der Waals surface area contributed by atoms with Crippen molar-refractivity contribution in [2.45, 2.75) is 45.7 Å². The van der Waals surface area contributed by atoms with Gasteiger partial charge in [-0.2, -0.15) is 39.5 Å². The molecule has 0 saturated carbocycles. The number of aryl methyl sites for hydroxylation is 3. The third-order valence-electron chi connectivity index (χ3n) is 14.0. The lowest BCUT2D eigenvalue weighted by Crippen LogP contribution is -2.32. The quantitative estimate of drug-likeness (QED) is 0.0466. The highest BCUT2D eigenvalue weighted by atomic mass is 127. The molecule has 18 nitrogen and oxygen atoms in total. The molecule has 2 aliphatic heterocycles. The summed E-state index contributed by atoms with van der Waals surface area (Å²) in [6, 6.07) is 20.9. The van der Waals surface area contributed by atoms with E-state index in [9.17, 15) is 70.7 Å². The molecule has 6 aromatic heterocycles. The zero-order chi connectivity index (χ0) is 84.3. The first kappa shape index (κ1) is 98.9. The molecule has 0 spiro atoms. The lowest BCUT2D eigenvalue weighted by atomic mass is 9.80. The summed E-state index contributed by atoms with van der Waals surface area (Å²) in [5.74, 6) is -3.91. The Kier molecular flexibility index (Phi) is 42.3. The first-order valence-electron chi connectivity index (χ1n) is 32.0. The van der Waals surface area contributed by atoms with Gasteiger partial charge in [-0.25, -0.2) is 64.5 Å². The minimum atomic E-state index is -4.41. The van der Waals surface area contributed by atoms with Crippen molar-refractivity contribution in [1.29, 1.82) is 0 Å². The molecule has 39 heteroatoms. The van der Waals surface area contributed by atoms with E-state index in [1.807, 2.05) is 30.2 Å². The zero-order valence-electron chi connectivity index (χ0n) is 60.6. The van der Waals surface area contributed by atoms with Crippen LogP contribution in [0.4, 0.5) is 65.9 Å². The van der Waals surface area contributed by atoms with Crippen LogP contribution in [0.5, 0.6) is 0 Å². The largest absolute Gasteiger partial charge is 0.491 e. The van der Waals surface area contributed by atoms with Gasteiger partial charge in [-0.05, 0) is 88.7 Å². The maximum Gasteiger partial charge on any atom is 0.491 e. The summed E-state index contributed by atoms with van der Waals surface area (Å²) in [7, 11) is 6.98. The number of aromatic amines is 1. The SMILES string of the molecule is BrC1=CN=CC1.C.CC(=O)N(C)C.CI.CI.C[n+]1ccn(-c2cc(-n3cc[n+](C)c3)cc(C(F)(F)F)c2)c1.Cn1cnc(-c2ccc(F)cc2F)c1.FC(F)(F)c1cc(-n2ccnc2)cc(-n2ccnc2)c1.FC(F)(F)c1cc(Br)cc(Br)c1.Fc1ccc(C2=CCC=N2)c(F)c1.OB(O)c1ccc(F)cc1F.c1c[nH]cn1. The maximum atomic E-state index is 13.3. The normalized spacial score (nSPS) is 11.4. The van der Waals surface area contributed by atoms with Crippen LogP contribution in [0.2, 0.25) is 0 Å². The first-order chi connectivity index (χ1) is 53.3. The number of aliphatic imine (C=N–C) groups is 2. The fourth-order valence-electron chi connectivity index (χ4n) is 8.61. The third-order valence-corrected chi connectivity index (χ3v) is 15.5. The van der Waals surface area contributed by atoms with Gasteiger partial charge in [0.05, 0.1) is 67.5 Å². The van der Waals surface area contributed by atoms with Crippen LogP contribution in [0, 0.1) is 34.9 Å². The lowest BCUT2D eigenvalue weighted by molar-refractivity contribution is -0.670. The molecule has 114 heavy (non-hydrogen) atoms. The fourth-order valence-corrected chi connectivity index (χ4v) is 10.2. The summed E-state index contributed by atoms with van der Waals surface area (Å²) in [6.07, 6.45) is 23.6. The molecule has 1 amide bonds. The number of aromatic nitrogens is 12. The molecule has 0 unspecified atom stereocenters. The van der Waals surface area contributed by atoms with E-state index in [1.165, 1.54) is 74.8 Å². The van der Waals surface area contributed by atoms with Gasteiger partial charge in [0.25, 0.3) is 0 Å². The Bertz CT molecular complexity index is 4870. The number of imidazole rings is 6. The van der Waals surface area contributed by atoms with Crippen molar-refractivity contribution in [2.75, 3.05) is 24.0 Å². The Balaban J connectivity index is 0.000000340. The number of H-pyrrole nitrogens is 1. The number of alkyl halides is 11. The number of nitrogens with zero attached hydrogens (tertiary/aromatic N) is 14. The molecule has 0 bridgehead atoms. The van der Waals surface area contributed by atoms with Crippen molar-refractivity contribution in [3.63, 3.8) is 0 Å². The van der Waals surface area contributed by atoms with Crippen LogP contribution in [0.25, 0.3) is 39.7 Å². The molecule has 12 aromatic rings. The van der Waals surface area contributed by atoms with Crippen molar-refractivity contribution < 1.29 is 89.8 Å². The van der Waals surface area contributed by atoms with E-state index >= 15 is 0 Å². The highest BCUT2D eigenvalue weighted by molar-refractivity contribution is 14.1. The van der Waals surface area contributed by atoms with E-state index in [4.69, 9.17) is 10.0 Å². The van der Waals surface area contributed by atoms with Gasteiger partial charge in [0.1, 0.15) is 71.1 Å². The second kappa shape index (κ2) is 48.8. The molecular weight excluding hydrogens is 1950 g/mol. The van der Waals surface area contributed by atoms with E-state index in [2.05, 4.69) is 128 Å². The molecule has 608 valence electrons. The van der Waals surface area contributed by atoms with Crippen LogP contribution in [-0.4, -0.2) is 112 Å². The number of amides is 1. The van der Waals surface area contributed by atoms with E-state index in [1.54, 1.807) is 162 Å². The Morgan fingerprint density at radius 1 is 0.570 bits per heavy atom. The van der Waals surface area contributed by atoms with E-state index in [0.29, 0.717) is 66.7 Å². The van der Waals surface area contributed by atoms with E-state index in [-0.39, 0.29) is 18.8 Å². The summed E-state index contributed by atoms with van der Waals surface area (Å²) >= 11 is 13.5. The second-order valence-corrected chi connectivity index (χ2v) is 25.5. The van der Waals surface area contributed by atoms with Gasteiger partial charge in [0.2, 0.25) is 18.6 Å². The van der Waals surface area contributed by atoms with Gasteiger partial charge in [-0.15, -0.1) is 0 Å². The molecule has 2 aliphatic rings. The average Bonchev–Trinajstić information content (AvgIpc) is 1.46. The molecule has 3 N–H and O–H groups in total. The Hall–Kier alpha value is -9.30. The van der Waals surface area contributed by atoms with Crippen molar-refractivity contribution in [3.8, 4) is 34.0 Å². The summed E-state index contributed by atoms with van der Waals surface area (Å²) in [5.41, 5.74) is 1.07. The number of carbonyl (C=O) groups excluding carboxylic acids is 1. The molecule has 8 heterocycles. The first-order valence-corrected chi connectivity index (χ1v) is 38.7. The molecule has 0 saturated heterocycles. The predicted octanol–water partition coefficient (Wildman–Crippen LogP) is 19.0. The second-order valence-electron chi connectivity index (χ2n) is 22.7. The number of hydrogen-bond acceptors (Lipinski definition) is 9. The van der Waals surface area contributed by atoms with Crippen LogP contribution in [0.1, 0.15) is 49.4 Å². The van der Waals surface area contributed by atoms with Gasteiger partial charge in [-0.1, -0.05) is 113 Å². The Morgan fingerprint density at radius 3 is 1.31 bits per heavy atom. The van der Waals surface area contributed by atoms with Gasteiger partial charge >= 0.3 is 25.6 Å². The van der Waals surface area contributed by atoms with Crippen molar-refractivity contribution in [2.24, 2.45) is 31.1 Å². The molecular formula is C75H74BBr3F15I2N15O3+2.